The smallest absolute Gasteiger partial charge is 0.209 e. The molecule has 0 unspecified atom stereocenters. The van der Waals surface area contributed by atoms with Gasteiger partial charge in [0.25, 0.3) is 0 Å². The highest BCUT2D eigenvalue weighted by Gasteiger charge is 2.10. The number of rotatable bonds is 6. The SMILES string of the molecule is CNCCn1nnnc1SCc1ncc(Cl)n1C. The first kappa shape index (κ1) is 13.3. The van der Waals surface area contributed by atoms with Gasteiger partial charge in [-0.2, -0.15) is 0 Å². The molecule has 2 aromatic heterocycles. The van der Waals surface area contributed by atoms with Crippen molar-refractivity contribution in [2.45, 2.75) is 17.5 Å². The summed E-state index contributed by atoms with van der Waals surface area (Å²) in [6.07, 6.45) is 1.64. The first-order valence-electron chi connectivity index (χ1n) is 5.42. The first-order valence-corrected chi connectivity index (χ1v) is 6.78. The molecule has 98 valence electrons. The zero-order valence-corrected chi connectivity index (χ0v) is 11.7. The van der Waals surface area contributed by atoms with Crippen LogP contribution in [0.25, 0.3) is 0 Å². The summed E-state index contributed by atoms with van der Waals surface area (Å²) in [4.78, 5) is 4.23. The molecule has 0 radical (unpaired) electrons. The normalized spacial score (nSPS) is 11.1. The Balaban J connectivity index is 1.98. The Bertz CT molecular complexity index is 509. The van der Waals surface area contributed by atoms with E-state index in [2.05, 4.69) is 25.8 Å². The average molecular weight is 288 g/mol. The Labute approximate surface area is 114 Å². The van der Waals surface area contributed by atoms with Gasteiger partial charge in [-0.05, 0) is 17.5 Å². The molecular formula is C9H14ClN7S. The fraction of sp³-hybridized carbons (Fsp3) is 0.556. The van der Waals surface area contributed by atoms with E-state index in [0.717, 1.165) is 24.1 Å². The van der Waals surface area contributed by atoms with Crippen molar-refractivity contribution in [2.24, 2.45) is 7.05 Å². The van der Waals surface area contributed by atoms with Crippen molar-refractivity contribution in [1.29, 1.82) is 0 Å². The minimum absolute atomic E-state index is 0.625. The van der Waals surface area contributed by atoms with E-state index < -0.39 is 0 Å². The van der Waals surface area contributed by atoms with Gasteiger partial charge in [-0.1, -0.05) is 23.4 Å². The molecule has 0 aliphatic heterocycles. The molecule has 2 heterocycles. The average Bonchev–Trinajstić information content (AvgIpc) is 2.94. The molecule has 0 amide bonds. The fourth-order valence-electron chi connectivity index (χ4n) is 1.35. The summed E-state index contributed by atoms with van der Waals surface area (Å²) < 4.78 is 3.61. The molecule has 0 aromatic carbocycles. The predicted molar refractivity (Wildman–Crippen MR) is 69.5 cm³/mol. The van der Waals surface area contributed by atoms with Gasteiger partial charge in [-0.25, -0.2) is 9.67 Å². The zero-order valence-electron chi connectivity index (χ0n) is 10.2. The van der Waals surface area contributed by atoms with Crippen LogP contribution in [0.1, 0.15) is 5.82 Å². The van der Waals surface area contributed by atoms with Gasteiger partial charge in [0.2, 0.25) is 5.16 Å². The zero-order chi connectivity index (χ0) is 13.0. The van der Waals surface area contributed by atoms with Crippen molar-refractivity contribution in [1.82, 2.24) is 35.1 Å². The van der Waals surface area contributed by atoms with Gasteiger partial charge >= 0.3 is 0 Å². The van der Waals surface area contributed by atoms with E-state index in [-0.39, 0.29) is 0 Å². The van der Waals surface area contributed by atoms with E-state index in [1.807, 2.05) is 18.7 Å². The third kappa shape index (κ3) is 3.01. The third-order valence-corrected chi connectivity index (χ3v) is 3.73. The Hall–Kier alpha value is -1.12. The van der Waals surface area contributed by atoms with Gasteiger partial charge < -0.3 is 9.88 Å². The molecule has 18 heavy (non-hydrogen) atoms. The summed E-state index contributed by atoms with van der Waals surface area (Å²) in [5.41, 5.74) is 0. The van der Waals surface area contributed by atoms with Crippen LogP contribution in [-0.4, -0.2) is 43.4 Å². The minimum atomic E-state index is 0.625. The molecule has 0 saturated heterocycles. The third-order valence-electron chi connectivity index (χ3n) is 2.43. The van der Waals surface area contributed by atoms with Crippen molar-refractivity contribution in [2.75, 3.05) is 13.6 Å². The van der Waals surface area contributed by atoms with Crippen LogP contribution >= 0.6 is 23.4 Å². The number of halogens is 1. The summed E-state index contributed by atoms with van der Waals surface area (Å²) >= 11 is 7.47. The number of aromatic nitrogens is 6. The molecule has 0 aliphatic carbocycles. The second-order valence-corrected chi connectivity index (χ2v) is 4.96. The molecule has 2 aromatic rings. The van der Waals surface area contributed by atoms with Crippen molar-refractivity contribution in [3.8, 4) is 0 Å². The van der Waals surface area contributed by atoms with Crippen LogP contribution in [0.4, 0.5) is 0 Å². The summed E-state index contributed by atoms with van der Waals surface area (Å²) in [6.45, 7) is 1.57. The highest BCUT2D eigenvalue weighted by atomic mass is 35.5. The van der Waals surface area contributed by atoms with Crippen LogP contribution in [-0.2, 0) is 19.3 Å². The van der Waals surface area contributed by atoms with Gasteiger partial charge in [0.1, 0.15) is 11.0 Å². The maximum Gasteiger partial charge on any atom is 0.209 e. The molecule has 0 saturated carbocycles. The van der Waals surface area contributed by atoms with Gasteiger partial charge in [-0.3, -0.25) is 0 Å². The standard InChI is InChI=1S/C9H14ClN7S/c1-11-3-4-17-9(13-14-15-17)18-6-8-12-5-7(10)16(8)2/h5,11H,3-4,6H2,1-2H3. The summed E-state index contributed by atoms with van der Waals surface area (Å²) in [5.74, 6) is 1.58. The van der Waals surface area contributed by atoms with Gasteiger partial charge in [0.15, 0.2) is 0 Å². The van der Waals surface area contributed by atoms with Gasteiger partial charge in [0, 0.05) is 13.6 Å². The molecule has 9 heteroatoms. The van der Waals surface area contributed by atoms with Crippen molar-refractivity contribution in [3.63, 3.8) is 0 Å². The number of thioether (sulfide) groups is 1. The Morgan fingerprint density at radius 1 is 1.50 bits per heavy atom. The molecule has 2 rings (SSSR count). The second-order valence-electron chi connectivity index (χ2n) is 3.63. The molecule has 0 fully saturated rings. The molecule has 0 spiro atoms. The Kier molecular flexibility index (Phi) is 4.56. The molecule has 0 aliphatic rings. The lowest BCUT2D eigenvalue weighted by atomic mass is 10.6. The van der Waals surface area contributed by atoms with E-state index in [9.17, 15) is 0 Å². The maximum absolute atomic E-state index is 5.93. The fourth-order valence-corrected chi connectivity index (χ4v) is 2.39. The number of imidazole rings is 1. The number of tetrazole rings is 1. The highest BCUT2D eigenvalue weighted by Crippen LogP contribution is 2.20. The van der Waals surface area contributed by atoms with E-state index in [1.165, 1.54) is 0 Å². The quantitative estimate of drug-likeness (QED) is 0.783. The van der Waals surface area contributed by atoms with E-state index in [4.69, 9.17) is 11.6 Å². The summed E-state index contributed by atoms with van der Waals surface area (Å²) in [6, 6.07) is 0. The van der Waals surface area contributed by atoms with Gasteiger partial charge in [-0.15, -0.1) is 5.10 Å². The minimum Gasteiger partial charge on any atom is -0.322 e. The van der Waals surface area contributed by atoms with E-state index in [0.29, 0.717) is 10.9 Å². The second kappa shape index (κ2) is 6.17. The van der Waals surface area contributed by atoms with Crippen LogP contribution < -0.4 is 5.32 Å². The van der Waals surface area contributed by atoms with Crippen LogP contribution in [0.2, 0.25) is 5.15 Å². The molecule has 1 N–H and O–H groups in total. The maximum atomic E-state index is 5.93. The van der Waals surface area contributed by atoms with Crippen LogP contribution in [0, 0.1) is 0 Å². The molecule has 7 nitrogen and oxygen atoms in total. The van der Waals surface area contributed by atoms with Crippen molar-refractivity contribution in [3.05, 3.63) is 17.2 Å². The lowest BCUT2D eigenvalue weighted by molar-refractivity contribution is 0.530. The molecule has 0 atom stereocenters. The number of hydrogen-bond donors (Lipinski definition) is 1. The lowest BCUT2D eigenvalue weighted by Crippen LogP contribution is -2.16. The number of nitrogens with zero attached hydrogens (tertiary/aromatic N) is 6. The van der Waals surface area contributed by atoms with E-state index in [1.54, 1.807) is 22.6 Å². The molecule has 0 bridgehead atoms. The first-order chi connectivity index (χ1) is 8.72. The van der Waals surface area contributed by atoms with Crippen LogP contribution in [0.15, 0.2) is 11.4 Å². The Morgan fingerprint density at radius 3 is 3.00 bits per heavy atom. The monoisotopic (exact) mass is 287 g/mol. The number of nitrogens with one attached hydrogen (secondary N) is 1. The van der Waals surface area contributed by atoms with Crippen molar-refractivity contribution < 1.29 is 0 Å². The van der Waals surface area contributed by atoms with Gasteiger partial charge in [0.05, 0.1) is 18.5 Å². The van der Waals surface area contributed by atoms with Crippen LogP contribution in [0.3, 0.4) is 0 Å². The van der Waals surface area contributed by atoms with E-state index >= 15 is 0 Å². The summed E-state index contributed by atoms with van der Waals surface area (Å²) in [5, 5.41) is 16.1. The lowest BCUT2D eigenvalue weighted by Gasteiger charge is -2.04. The highest BCUT2D eigenvalue weighted by molar-refractivity contribution is 7.98. The largest absolute Gasteiger partial charge is 0.322 e. The summed E-state index contributed by atoms with van der Waals surface area (Å²) in [7, 11) is 3.78. The number of hydrogen-bond acceptors (Lipinski definition) is 6. The Morgan fingerprint density at radius 2 is 2.33 bits per heavy atom. The number of likely N-dealkylation sites (N-methyl/N-ethyl adjacent to an activating group) is 1. The predicted octanol–water partition coefficient (Wildman–Crippen LogP) is 0.572. The molecular weight excluding hydrogens is 274 g/mol. The topological polar surface area (TPSA) is 73.5 Å². The van der Waals surface area contributed by atoms with Crippen LogP contribution in [0.5, 0.6) is 0 Å². The van der Waals surface area contributed by atoms with Crippen molar-refractivity contribution >= 4 is 23.4 Å².